The molecule has 0 aliphatic rings. The van der Waals surface area contributed by atoms with E-state index in [1.165, 1.54) is 0 Å². The molecule has 0 bridgehead atoms. The molecule has 2 heterocycles. The number of carbonyl (C=O) groups is 1. The third-order valence-electron chi connectivity index (χ3n) is 4.64. The van der Waals surface area contributed by atoms with Crippen LogP contribution >= 0.6 is 0 Å². The van der Waals surface area contributed by atoms with E-state index in [1.54, 1.807) is 40.5 Å². The van der Waals surface area contributed by atoms with Crippen molar-refractivity contribution in [3.63, 3.8) is 0 Å². The summed E-state index contributed by atoms with van der Waals surface area (Å²) in [5.41, 5.74) is 4.16. The molecule has 4 rings (SSSR count). The van der Waals surface area contributed by atoms with Crippen LogP contribution in [0.4, 0.5) is 5.69 Å². The second kappa shape index (κ2) is 6.15. The Morgan fingerprint density at radius 3 is 2.69 bits per heavy atom. The van der Waals surface area contributed by atoms with E-state index in [0.717, 1.165) is 23.2 Å². The van der Waals surface area contributed by atoms with E-state index in [4.69, 9.17) is 0 Å². The molecule has 0 unspecified atom stereocenters. The first-order valence-corrected chi connectivity index (χ1v) is 8.46. The van der Waals surface area contributed by atoms with E-state index in [9.17, 15) is 9.59 Å². The lowest BCUT2D eigenvalue weighted by Gasteiger charge is -2.12. The number of aryl methyl sites for hydroxylation is 2. The standard InChI is InChI=1S/C20H18N4O2/c1-3-13-6-4-5-7-15(13)22-19(25)14-8-9-16-18(12-14)23(2)20(26)17-10-11-21-24(16)17/h4-12H,3H2,1-2H3,(H,22,25). The molecule has 0 aliphatic carbocycles. The van der Waals surface area contributed by atoms with Gasteiger partial charge in [0.1, 0.15) is 5.52 Å². The molecule has 0 fully saturated rings. The molecule has 6 heteroatoms. The minimum atomic E-state index is -0.208. The Labute approximate surface area is 149 Å². The maximum atomic E-state index is 12.7. The summed E-state index contributed by atoms with van der Waals surface area (Å²) in [5, 5.41) is 7.18. The van der Waals surface area contributed by atoms with Gasteiger partial charge in [0.05, 0.1) is 17.2 Å². The van der Waals surface area contributed by atoms with Crippen molar-refractivity contribution in [2.24, 2.45) is 7.05 Å². The predicted octanol–water partition coefficient (Wildman–Crippen LogP) is 3.00. The number of carbonyl (C=O) groups excluding carboxylic acids is 1. The smallest absolute Gasteiger partial charge is 0.276 e. The fourth-order valence-electron chi connectivity index (χ4n) is 3.20. The Hall–Kier alpha value is -3.41. The second-order valence-corrected chi connectivity index (χ2v) is 6.16. The van der Waals surface area contributed by atoms with Crippen LogP contribution in [0.2, 0.25) is 0 Å². The van der Waals surface area contributed by atoms with Crippen LogP contribution in [0.5, 0.6) is 0 Å². The number of benzene rings is 2. The lowest BCUT2D eigenvalue weighted by Crippen LogP contribution is -2.21. The number of nitrogens with zero attached hydrogens (tertiary/aromatic N) is 3. The van der Waals surface area contributed by atoms with Gasteiger partial charge in [0.25, 0.3) is 11.5 Å². The minimum absolute atomic E-state index is 0.149. The molecular weight excluding hydrogens is 328 g/mol. The van der Waals surface area contributed by atoms with Gasteiger partial charge < -0.3 is 9.88 Å². The van der Waals surface area contributed by atoms with Crippen molar-refractivity contribution in [1.29, 1.82) is 0 Å². The maximum Gasteiger partial charge on any atom is 0.276 e. The number of rotatable bonds is 3. The molecule has 0 radical (unpaired) electrons. The number of aromatic nitrogens is 3. The first-order chi connectivity index (χ1) is 12.6. The molecule has 6 nitrogen and oxygen atoms in total. The Bertz CT molecular complexity index is 1200. The van der Waals surface area contributed by atoms with Crippen molar-refractivity contribution < 1.29 is 4.79 Å². The average molecular weight is 346 g/mol. The average Bonchev–Trinajstić information content (AvgIpc) is 3.16. The zero-order valence-corrected chi connectivity index (χ0v) is 14.6. The molecule has 4 aromatic rings. The molecule has 2 aromatic carbocycles. The summed E-state index contributed by atoms with van der Waals surface area (Å²) < 4.78 is 3.15. The third-order valence-corrected chi connectivity index (χ3v) is 4.64. The lowest BCUT2D eigenvalue weighted by molar-refractivity contribution is 0.102. The number of fused-ring (bicyclic) bond motifs is 3. The van der Waals surface area contributed by atoms with Crippen LogP contribution < -0.4 is 10.9 Å². The maximum absolute atomic E-state index is 12.7. The summed E-state index contributed by atoms with van der Waals surface area (Å²) in [6.45, 7) is 2.05. The van der Waals surface area contributed by atoms with Gasteiger partial charge in [-0.25, -0.2) is 4.52 Å². The van der Waals surface area contributed by atoms with Crippen molar-refractivity contribution in [3.8, 4) is 0 Å². The van der Waals surface area contributed by atoms with Gasteiger partial charge >= 0.3 is 0 Å². The first kappa shape index (κ1) is 16.1. The van der Waals surface area contributed by atoms with Crippen molar-refractivity contribution in [3.05, 3.63) is 76.2 Å². The zero-order valence-electron chi connectivity index (χ0n) is 14.6. The van der Waals surface area contributed by atoms with Gasteiger partial charge in [-0.3, -0.25) is 9.59 Å². The first-order valence-electron chi connectivity index (χ1n) is 8.46. The fourth-order valence-corrected chi connectivity index (χ4v) is 3.20. The van der Waals surface area contributed by atoms with Gasteiger partial charge in [0, 0.05) is 18.3 Å². The van der Waals surface area contributed by atoms with Crippen molar-refractivity contribution >= 4 is 28.1 Å². The van der Waals surface area contributed by atoms with E-state index < -0.39 is 0 Å². The highest BCUT2D eigenvalue weighted by Crippen LogP contribution is 2.19. The molecule has 0 aliphatic heterocycles. The van der Waals surface area contributed by atoms with Gasteiger partial charge in [-0.15, -0.1) is 0 Å². The molecule has 0 spiro atoms. The highest BCUT2D eigenvalue weighted by molar-refractivity contribution is 6.06. The van der Waals surface area contributed by atoms with Crippen LogP contribution in [-0.2, 0) is 13.5 Å². The van der Waals surface area contributed by atoms with Crippen molar-refractivity contribution in [2.75, 3.05) is 5.32 Å². The predicted molar refractivity (Wildman–Crippen MR) is 102 cm³/mol. The number of amides is 1. The summed E-state index contributed by atoms with van der Waals surface area (Å²) >= 11 is 0. The van der Waals surface area contributed by atoms with Crippen LogP contribution in [0.3, 0.4) is 0 Å². The molecule has 1 N–H and O–H groups in total. The Morgan fingerprint density at radius 2 is 1.88 bits per heavy atom. The Balaban J connectivity index is 1.80. The molecule has 0 atom stereocenters. The number of hydrogen-bond donors (Lipinski definition) is 1. The summed E-state index contributed by atoms with van der Waals surface area (Å²) in [6.07, 6.45) is 2.43. The molecular formula is C20H18N4O2. The normalized spacial score (nSPS) is 11.2. The minimum Gasteiger partial charge on any atom is -0.322 e. The van der Waals surface area contributed by atoms with E-state index in [2.05, 4.69) is 10.4 Å². The topological polar surface area (TPSA) is 68.4 Å². The molecule has 1 amide bonds. The highest BCUT2D eigenvalue weighted by Gasteiger charge is 2.13. The molecule has 2 aromatic heterocycles. The van der Waals surface area contributed by atoms with Crippen molar-refractivity contribution in [1.82, 2.24) is 14.2 Å². The molecule has 26 heavy (non-hydrogen) atoms. The van der Waals surface area contributed by atoms with Gasteiger partial charge in [-0.1, -0.05) is 25.1 Å². The van der Waals surface area contributed by atoms with E-state index in [-0.39, 0.29) is 11.5 Å². The molecule has 130 valence electrons. The van der Waals surface area contributed by atoms with Crippen LogP contribution in [0.25, 0.3) is 16.6 Å². The van der Waals surface area contributed by atoms with E-state index in [0.29, 0.717) is 16.6 Å². The van der Waals surface area contributed by atoms with Gasteiger partial charge in [0.15, 0.2) is 0 Å². The number of hydrogen-bond acceptors (Lipinski definition) is 3. The zero-order chi connectivity index (χ0) is 18.3. The summed E-state index contributed by atoms with van der Waals surface area (Å²) in [6, 6.07) is 14.7. The number of anilines is 1. The Kier molecular flexibility index (Phi) is 3.80. The monoisotopic (exact) mass is 346 g/mol. The third kappa shape index (κ3) is 2.47. The number of nitrogens with one attached hydrogen (secondary N) is 1. The van der Waals surface area contributed by atoms with Crippen LogP contribution in [0.15, 0.2) is 59.5 Å². The lowest BCUT2D eigenvalue weighted by atomic mass is 10.1. The SMILES string of the molecule is CCc1ccccc1NC(=O)c1ccc2c(c1)n(C)c(=O)c1ccnn12. The van der Waals surface area contributed by atoms with Gasteiger partial charge in [-0.2, -0.15) is 5.10 Å². The quantitative estimate of drug-likeness (QED) is 0.620. The van der Waals surface area contributed by atoms with Crippen molar-refractivity contribution in [2.45, 2.75) is 13.3 Å². The molecule has 0 saturated carbocycles. The second-order valence-electron chi connectivity index (χ2n) is 6.16. The van der Waals surface area contributed by atoms with Gasteiger partial charge in [0.2, 0.25) is 0 Å². The summed E-state index contributed by atoms with van der Waals surface area (Å²) in [4.78, 5) is 25.2. The van der Waals surface area contributed by atoms with Crippen LogP contribution in [0.1, 0.15) is 22.8 Å². The summed E-state index contributed by atoms with van der Waals surface area (Å²) in [5.74, 6) is -0.208. The van der Waals surface area contributed by atoms with Crippen LogP contribution in [0, 0.1) is 0 Å². The fraction of sp³-hybridized carbons (Fsp3) is 0.150. The number of para-hydroxylation sites is 1. The summed E-state index contributed by atoms with van der Waals surface area (Å²) in [7, 11) is 1.70. The van der Waals surface area contributed by atoms with Gasteiger partial charge in [-0.05, 0) is 42.3 Å². The van der Waals surface area contributed by atoms with Crippen LogP contribution in [-0.4, -0.2) is 20.1 Å². The van der Waals surface area contributed by atoms with E-state index in [1.807, 2.05) is 37.3 Å². The largest absolute Gasteiger partial charge is 0.322 e. The van der Waals surface area contributed by atoms with E-state index >= 15 is 0 Å². The molecule has 0 saturated heterocycles. The highest BCUT2D eigenvalue weighted by atomic mass is 16.1. The Morgan fingerprint density at radius 1 is 1.08 bits per heavy atom.